The molecule has 0 saturated carbocycles. The van der Waals surface area contributed by atoms with Crippen molar-refractivity contribution in [3.8, 4) is 11.1 Å². The molecule has 0 aromatic heterocycles. The maximum absolute atomic E-state index is 3.73. The zero-order valence-corrected chi connectivity index (χ0v) is 20.9. The molecular weight excluding hydrogens is 490 g/mol. The molecule has 0 N–H and O–H groups in total. The van der Waals surface area contributed by atoms with Crippen molar-refractivity contribution in [3.05, 3.63) is 130 Å². The number of aryl methyl sites for hydroxylation is 1. The number of hydrogen-bond acceptors (Lipinski definition) is 1. The van der Waals surface area contributed by atoms with Crippen LogP contribution in [0.25, 0.3) is 28.0 Å². The lowest BCUT2D eigenvalue weighted by Gasteiger charge is -2.35. The molecule has 2 heteroatoms. The topological polar surface area (TPSA) is 3.24 Å². The van der Waals surface area contributed by atoms with E-state index in [9.17, 15) is 0 Å². The quantitative estimate of drug-likeness (QED) is 0.222. The molecule has 0 radical (unpaired) electrons. The highest BCUT2D eigenvalue weighted by Crippen LogP contribution is 2.47. The second-order valence-corrected chi connectivity index (χ2v) is 10.4. The minimum absolute atomic E-state index is 0.963. The molecule has 168 valence electrons. The van der Waals surface area contributed by atoms with Crippen LogP contribution in [-0.4, -0.2) is 0 Å². The largest absolute Gasteiger partial charge is 0.310 e. The van der Waals surface area contributed by atoms with E-state index in [1.54, 1.807) is 0 Å². The Bertz CT molecular complexity index is 1640. The Morgan fingerprint density at radius 1 is 0.714 bits per heavy atom. The van der Waals surface area contributed by atoms with Gasteiger partial charge in [-0.05, 0) is 87.3 Å². The molecule has 35 heavy (non-hydrogen) atoms. The van der Waals surface area contributed by atoms with Crippen LogP contribution in [0.1, 0.15) is 28.7 Å². The fourth-order valence-corrected chi connectivity index (χ4v) is 6.09. The number of rotatable bonds is 2. The van der Waals surface area contributed by atoms with Crippen molar-refractivity contribution >= 4 is 49.8 Å². The van der Waals surface area contributed by atoms with E-state index in [0.29, 0.717) is 0 Å². The van der Waals surface area contributed by atoms with E-state index < -0.39 is 0 Å². The van der Waals surface area contributed by atoms with Gasteiger partial charge in [0.2, 0.25) is 0 Å². The lowest BCUT2D eigenvalue weighted by atomic mass is 9.85. The van der Waals surface area contributed by atoms with Crippen LogP contribution >= 0.6 is 15.9 Å². The number of hydrogen-bond donors (Lipinski definition) is 0. The smallest absolute Gasteiger partial charge is 0.0508 e. The van der Waals surface area contributed by atoms with Crippen molar-refractivity contribution < 1.29 is 0 Å². The third kappa shape index (κ3) is 3.44. The van der Waals surface area contributed by atoms with E-state index in [2.05, 4.69) is 130 Å². The average molecular weight is 514 g/mol. The molecule has 0 spiro atoms. The molecule has 0 bridgehead atoms. The maximum Gasteiger partial charge on any atom is 0.0508 e. The summed E-state index contributed by atoms with van der Waals surface area (Å²) in [5.41, 5.74) is 11.9. The summed E-state index contributed by atoms with van der Waals surface area (Å²) < 4.78 is 1.10. The summed E-state index contributed by atoms with van der Waals surface area (Å²) in [6.07, 6.45) is 7.89. The monoisotopic (exact) mass is 513 g/mol. The Hall–Kier alpha value is -3.62. The predicted molar refractivity (Wildman–Crippen MR) is 152 cm³/mol. The van der Waals surface area contributed by atoms with Crippen molar-refractivity contribution in [1.29, 1.82) is 0 Å². The van der Waals surface area contributed by atoms with Gasteiger partial charge in [0.1, 0.15) is 0 Å². The van der Waals surface area contributed by atoms with E-state index in [-0.39, 0.29) is 0 Å². The number of allylic oxidation sites excluding steroid dienone is 1. The highest BCUT2D eigenvalue weighted by molar-refractivity contribution is 9.10. The number of benzene rings is 5. The molecule has 1 aliphatic carbocycles. The predicted octanol–water partition coefficient (Wildman–Crippen LogP) is 9.60. The van der Waals surface area contributed by atoms with Crippen molar-refractivity contribution in [2.45, 2.75) is 19.3 Å². The summed E-state index contributed by atoms with van der Waals surface area (Å²) in [7, 11) is 0. The molecule has 0 atom stereocenters. The molecule has 0 unspecified atom stereocenters. The first kappa shape index (κ1) is 20.7. The van der Waals surface area contributed by atoms with Crippen molar-refractivity contribution in [3.63, 3.8) is 0 Å². The first-order valence-electron chi connectivity index (χ1n) is 12.2. The summed E-state index contributed by atoms with van der Waals surface area (Å²) in [6, 6.07) is 35.6. The second kappa shape index (κ2) is 8.25. The summed E-state index contributed by atoms with van der Waals surface area (Å²) in [5.74, 6) is 0. The number of fused-ring (bicyclic) bond motifs is 5. The van der Waals surface area contributed by atoms with Gasteiger partial charge in [-0.1, -0.05) is 94.8 Å². The van der Waals surface area contributed by atoms with E-state index >= 15 is 0 Å². The minimum Gasteiger partial charge on any atom is -0.310 e. The maximum atomic E-state index is 3.73. The summed E-state index contributed by atoms with van der Waals surface area (Å²) in [4.78, 5) is 2.45. The molecule has 0 amide bonds. The molecule has 1 heterocycles. The van der Waals surface area contributed by atoms with Crippen LogP contribution in [0.15, 0.2) is 108 Å². The Balaban J connectivity index is 1.45. The molecule has 5 aromatic rings. The molecular formula is C33H24BrN. The van der Waals surface area contributed by atoms with Gasteiger partial charge in [0, 0.05) is 16.6 Å². The SMILES string of the molecule is Brc1ccc2c(c1)N(c1cccc(-c3cccc4ccccc34)c1)c1ccc3c(c1C2)C=CCC3. The molecule has 5 aromatic carbocycles. The molecule has 2 aliphatic rings. The first-order chi connectivity index (χ1) is 17.3. The van der Waals surface area contributed by atoms with Crippen LogP contribution in [0.5, 0.6) is 0 Å². The third-order valence-electron chi connectivity index (χ3n) is 7.39. The van der Waals surface area contributed by atoms with Crippen LogP contribution in [0.2, 0.25) is 0 Å². The zero-order valence-electron chi connectivity index (χ0n) is 19.3. The molecule has 0 fully saturated rings. The lowest BCUT2D eigenvalue weighted by molar-refractivity contribution is 0.967. The number of halogens is 1. The van der Waals surface area contributed by atoms with E-state index in [1.165, 1.54) is 61.2 Å². The highest BCUT2D eigenvalue weighted by Gasteiger charge is 2.27. The zero-order chi connectivity index (χ0) is 23.4. The Morgan fingerprint density at radius 3 is 2.54 bits per heavy atom. The Morgan fingerprint density at radius 2 is 1.57 bits per heavy atom. The highest BCUT2D eigenvalue weighted by atomic mass is 79.9. The number of anilines is 3. The Kier molecular flexibility index (Phi) is 4.89. The molecule has 0 saturated heterocycles. The average Bonchev–Trinajstić information content (AvgIpc) is 2.91. The van der Waals surface area contributed by atoms with Crippen LogP contribution in [0.3, 0.4) is 0 Å². The van der Waals surface area contributed by atoms with Gasteiger partial charge in [0.15, 0.2) is 0 Å². The fourth-order valence-electron chi connectivity index (χ4n) is 5.75. The van der Waals surface area contributed by atoms with Crippen molar-refractivity contribution in [2.24, 2.45) is 0 Å². The molecule has 1 nitrogen and oxygen atoms in total. The van der Waals surface area contributed by atoms with E-state index in [1.807, 2.05) is 0 Å². The van der Waals surface area contributed by atoms with Crippen LogP contribution < -0.4 is 4.90 Å². The van der Waals surface area contributed by atoms with Crippen molar-refractivity contribution in [1.82, 2.24) is 0 Å². The molecule has 1 aliphatic heterocycles. The summed E-state index contributed by atoms with van der Waals surface area (Å²) in [6.45, 7) is 0. The van der Waals surface area contributed by atoms with Gasteiger partial charge in [0.25, 0.3) is 0 Å². The van der Waals surface area contributed by atoms with Crippen LogP contribution in [0, 0.1) is 0 Å². The lowest BCUT2D eigenvalue weighted by Crippen LogP contribution is -2.20. The third-order valence-corrected chi connectivity index (χ3v) is 7.88. The normalized spacial score (nSPS) is 13.9. The minimum atomic E-state index is 0.963. The van der Waals surface area contributed by atoms with E-state index in [0.717, 1.165) is 23.7 Å². The standard InChI is InChI=1S/C33H24BrN/c34-26-17-15-25-20-31-29-13-4-2-8-23(29)16-18-32(31)35(33(25)21-26)27-11-5-10-24(19-27)30-14-6-9-22-7-1-3-12-28(22)30/h1,3-7,9-19,21H,2,8,20H2. The second-order valence-electron chi connectivity index (χ2n) is 9.44. The fraction of sp³-hybridized carbons (Fsp3) is 0.0909. The van der Waals surface area contributed by atoms with Gasteiger partial charge in [-0.15, -0.1) is 0 Å². The first-order valence-corrected chi connectivity index (χ1v) is 13.0. The van der Waals surface area contributed by atoms with Gasteiger partial charge in [-0.2, -0.15) is 0 Å². The number of nitrogens with zero attached hydrogens (tertiary/aromatic N) is 1. The summed E-state index contributed by atoms with van der Waals surface area (Å²) in [5, 5.41) is 2.56. The van der Waals surface area contributed by atoms with Gasteiger partial charge >= 0.3 is 0 Å². The van der Waals surface area contributed by atoms with Gasteiger partial charge in [-0.25, -0.2) is 0 Å². The van der Waals surface area contributed by atoms with Gasteiger partial charge in [-0.3, -0.25) is 0 Å². The van der Waals surface area contributed by atoms with Crippen LogP contribution in [0.4, 0.5) is 17.1 Å². The summed E-state index contributed by atoms with van der Waals surface area (Å²) >= 11 is 3.73. The Labute approximate surface area is 214 Å². The molecule has 7 rings (SSSR count). The van der Waals surface area contributed by atoms with E-state index in [4.69, 9.17) is 0 Å². The van der Waals surface area contributed by atoms with Gasteiger partial charge < -0.3 is 4.90 Å². The van der Waals surface area contributed by atoms with Crippen LogP contribution in [-0.2, 0) is 12.8 Å². The van der Waals surface area contributed by atoms with Gasteiger partial charge in [0.05, 0.1) is 11.4 Å². The van der Waals surface area contributed by atoms with Crippen molar-refractivity contribution in [2.75, 3.05) is 4.90 Å².